The summed E-state index contributed by atoms with van der Waals surface area (Å²) in [5.74, 6) is 0.254. The van der Waals surface area contributed by atoms with Crippen LogP contribution in [-0.4, -0.2) is 48.8 Å². The monoisotopic (exact) mass is 453 g/mol. The van der Waals surface area contributed by atoms with Crippen LogP contribution in [0, 0.1) is 5.92 Å². The standard InChI is InChI=1S/C15H23NOS.C13H16O/c1-15(2,16-8-10-17-11-9-16)12-13-4-6-14(18-3)7-5-13;1-9(2)11-5-7-12(8-6-11)13(14)10(3)4/h4-7H,8-12H2,1-3H3;5-8,10H,1H2,2-4H3. The molecule has 0 atom stereocenters. The van der Waals surface area contributed by atoms with Crippen LogP contribution in [-0.2, 0) is 11.2 Å². The molecule has 1 aliphatic heterocycles. The minimum Gasteiger partial charge on any atom is -0.379 e. The van der Waals surface area contributed by atoms with Crippen molar-refractivity contribution in [1.82, 2.24) is 4.90 Å². The van der Waals surface area contributed by atoms with Gasteiger partial charge in [0.1, 0.15) is 0 Å². The van der Waals surface area contributed by atoms with Crippen LogP contribution in [0.5, 0.6) is 0 Å². The molecule has 2 aromatic rings. The lowest BCUT2D eigenvalue weighted by molar-refractivity contribution is -0.00984. The molecule has 174 valence electrons. The minimum atomic E-state index is 0.0608. The Kier molecular flexibility index (Phi) is 10.2. The number of hydrogen-bond donors (Lipinski definition) is 0. The number of Topliss-reactive ketones (excluding diaryl/α,β-unsaturated/α-hetero) is 1. The fourth-order valence-corrected chi connectivity index (χ4v) is 4.18. The normalized spacial score (nSPS) is 14.6. The molecule has 4 heteroatoms. The van der Waals surface area contributed by atoms with Crippen molar-refractivity contribution in [3.05, 3.63) is 71.8 Å². The highest BCUT2D eigenvalue weighted by molar-refractivity contribution is 7.98. The Morgan fingerprint density at radius 1 is 1.03 bits per heavy atom. The van der Waals surface area contributed by atoms with Gasteiger partial charge in [0.05, 0.1) is 13.2 Å². The molecular formula is C28H39NO2S. The number of ketones is 1. The van der Waals surface area contributed by atoms with Gasteiger partial charge in [0, 0.05) is 35.0 Å². The number of carbonyl (C=O) groups is 1. The average Bonchev–Trinajstić information content (AvgIpc) is 2.80. The van der Waals surface area contributed by atoms with Gasteiger partial charge in [-0.15, -0.1) is 11.8 Å². The third kappa shape index (κ3) is 7.91. The number of benzene rings is 2. The van der Waals surface area contributed by atoms with E-state index in [-0.39, 0.29) is 17.2 Å². The van der Waals surface area contributed by atoms with Gasteiger partial charge >= 0.3 is 0 Å². The highest BCUT2D eigenvalue weighted by Gasteiger charge is 2.28. The van der Waals surface area contributed by atoms with Crippen molar-refractivity contribution < 1.29 is 9.53 Å². The van der Waals surface area contributed by atoms with Gasteiger partial charge in [0.2, 0.25) is 0 Å². The van der Waals surface area contributed by atoms with E-state index in [1.54, 1.807) is 11.8 Å². The molecule has 0 N–H and O–H groups in total. The minimum absolute atomic E-state index is 0.0608. The fourth-order valence-electron chi connectivity index (χ4n) is 3.78. The highest BCUT2D eigenvalue weighted by Crippen LogP contribution is 2.23. The van der Waals surface area contributed by atoms with E-state index >= 15 is 0 Å². The molecule has 0 unspecified atom stereocenters. The number of hydrogen-bond acceptors (Lipinski definition) is 4. The van der Waals surface area contributed by atoms with Crippen molar-refractivity contribution in [3.8, 4) is 0 Å². The lowest BCUT2D eigenvalue weighted by Crippen LogP contribution is -2.51. The Hall–Kier alpha value is -1.88. The summed E-state index contributed by atoms with van der Waals surface area (Å²) in [4.78, 5) is 15.5. The molecule has 1 saturated heterocycles. The van der Waals surface area contributed by atoms with Gasteiger partial charge in [-0.1, -0.05) is 62.4 Å². The van der Waals surface area contributed by atoms with Gasteiger partial charge in [-0.05, 0) is 56.7 Å². The van der Waals surface area contributed by atoms with Crippen molar-refractivity contribution in [1.29, 1.82) is 0 Å². The van der Waals surface area contributed by atoms with E-state index in [0.717, 1.165) is 49.4 Å². The third-order valence-electron chi connectivity index (χ3n) is 5.85. The smallest absolute Gasteiger partial charge is 0.165 e. The van der Waals surface area contributed by atoms with Crippen molar-refractivity contribution >= 4 is 23.1 Å². The molecule has 3 rings (SSSR count). The topological polar surface area (TPSA) is 29.5 Å². The molecule has 32 heavy (non-hydrogen) atoms. The summed E-state index contributed by atoms with van der Waals surface area (Å²) in [6.07, 6.45) is 3.22. The van der Waals surface area contributed by atoms with E-state index in [4.69, 9.17) is 4.74 Å². The first-order valence-electron chi connectivity index (χ1n) is 11.4. The second-order valence-electron chi connectivity index (χ2n) is 9.31. The number of carbonyl (C=O) groups excluding carboxylic acids is 1. The van der Waals surface area contributed by atoms with Gasteiger partial charge in [-0.3, -0.25) is 9.69 Å². The molecule has 0 spiro atoms. The molecule has 0 radical (unpaired) electrons. The number of ether oxygens (including phenoxy) is 1. The van der Waals surface area contributed by atoms with Gasteiger partial charge < -0.3 is 4.74 Å². The summed E-state index contributed by atoms with van der Waals surface area (Å²) >= 11 is 1.80. The molecular weight excluding hydrogens is 414 g/mol. The first kappa shape index (κ1) is 26.4. The van der Waals surface area contributed by atoms with Crippen LogP contribution in [0.15, 0.2) is 60.0 Å². The zero-order valence-electron chi connectivity index (χ0n) is 20.6. The Balaban J connectivity index is 0.000000235. The van der Waals surface area contributed by atoms with Crippen LogP contribution >= 0.6 is 11.8 Å². The summed E-state index contributed by atoms with van der Waals surface area (Å²) in [5, 5.41) is 0. The lowest BCUT2D eigenvalue weighted by atomic mass is 9.92. The molecule has 0 amide bonds. The summed E-state index contributed by atoms with van der Waals surface area (Å²) in [7, 11) is 0. The predicted molar refractivity (Wildman–Crippen MR) is 139 cm³/mol. The Morgan fingerprint density at radius 3 is 2.03 bits per heavy atom. The van der Waals surface area contributed by atoms with Gasteiger partial charge in [0.15, 0.2) is 5.78 Å². The van der Waals surface area contributed by atoms with Crippen LogP contribution < -0.4 is 0 Å². The molecule has 0 saturated carbocycles. The summed E-state index contributed by atoms with van der Waals surface area (Å²) < 4.78 is 5.43. The van der Waals surface area contributed by atoms with E-state index in [9.17, 15) is 4.79 Å². The molecule has 2 aromatic carbocycles. The van der Waals surface area contributed by atoms with Crippen LogP contribution in [0.4, 0.5) is 0 Å². The van der Waals surface area contributed by atoms with Crippen molar-refractivity contribution in [2.75, 3.05) is 32.6 Å². The number of thioether (sulfide) groups is 1. The largest absolute Gasteiger partial charge is 0.379 e. The number of rotatable bonds is 7. The zero-order chi connectivity index (χ0) is 23.7. The fraction of sp³-hybridized carbons (Fsp3) is 0.464. The Bertz CT molecular complexity index is 863. The van der Waals surface area contributed by atoms with Crippen LogP contribution in [0.2, 0.25) is 0 Å². The van der Waals surface area contributed by atoms with E-state index in [2.05, 4.69) is 55.8 Å². The molecule has 0 aliphatic carbocycles. The van der Waals surface area contributed by atoms with Crippen molar-refractivity contribution in [3.63, 3.8) is 0 Å². The highest BCUT2D eigenvalue weighted by atomic mass is 32.2. The molecule has 0 bridgehead atoms. The molecule has 1 aliphatic rings. The Labute approximate surface area is 199 Å². The lowest BCUT2D eigenvalue weighted by Gasteiger charge is -2.41. The van der Waals surface area contributed by atoms with E-state index in [1.807, 2.05) is 45.0 Å². The maximum Gasteiger partial charge on any atom is 0.165 e. The van der Waals surface area contributed by atoms with Crippen molar-refractivity contribution in [2.45, 2.75) is 51.5 Å². The van der Waals surface area contributed by atoms with E-state index < -0.39 is 0 Å². The van der Waals surface area contributed by atoms with Crippen LogP contribution in [0.1, 0.15) is 56.1 Å². The van der Waals surface area contributed by atoms with Gasteiger partial charge in [-0.2, -0.15) is 0 Å². The predicted octanol–water partition coefficient (Wildman–Crippen LogP) is 6.62. The maximum atomic E-state index is 11.6. The Morgan fingerprint density at radius 2 is 1.56 bits per heavy atom. The number of allylic oxidation sites excluding steroid dienone is 1. The molecule has 1 heterocycles. The maximum absolute atomic E-state index is 11.6. The second-order valence-corrected chi connectivity index (χ2v) is 10.2. The van der Waals surface area contributed by atoms with Crippen LogP contribution in [0.3, 0.4) is 0 Å². The first-order chi connectivity index (χ1) is 15.1. The number of morpholine rings is 1. The summed E-state index contributed by atoms with van der Waals surface area (Å²) in [5.41, 5.74) is 4.53. The summed E-state index contributed by atoms with van der Waals surface area (Å²) in [6.45, 7) is 18.1. The molecule has 0 aromatic heterocycles. The van der Waals surface area contributed by atoms with Gasteiger partial charge in [-0.25, -0.2) is 0 Å². The van der Waals surface area contributed by atoms with E-state index in [1.165, 1.54) is 10.5 Å². The molecule has 1 fully saturated rings. The van der Waals surface area contributed by atoms with E-state index in [0.29, 0.717) is 0 Å². The average molecular weight is 454 g/mol. The number of nitrogens with zero attached hydrogens (tertiary/aromatic N) is 1. The van der Waals surface area contributed by atoms with Crippen LogP contribution in [0.25, 0.3) is 5.57 Å². The quantitative estimate of drug-likeness (QED) is 0.348. The van der Waals surface area contributed by atoms with Crippen molar-refractivity contribution in [2.24, 2.45) is 5.92 Å². The molecule has 3 nitrogen and oxygen atoms in total. The zero-order valence-corrected chi connectivity index (χ0v) is 21.4. The SMILES string of the molecule is C=C(C)c1ccc(C(=O)C(C)C)cc1.CSc1ccc(CC(C)(C)N2CCOCC2)cc1. The first-order valence-corrected chi connectivity index (χ1v) is 12.6. The summed E-state index contributed by atoms with van der Waals surface area (Å²) in [6, 6.07) is 16.6. The second kappa shape index (κ2) is 12.4. The van der Waals surface area contributed by atoms with Gasteiger partial charge in [0.25, 0.3) is 0 Å². The third-order valence-corrected chi connectivity index (χ3v) is 6.59.